The molecule has 3 nitrogen and oxygen atoms in total. The van der Waals surface area contributed by atoms with E-state index in [9.17, 15) is 0 Å². The molecule has 0 aromatic heterocycles. The van der Waals surface area contributed by atoms with Crippen LogP contribution >= 0.6 is 0 Å². The molecule has 0 spiro atoms. The molecule has 122 valence electrons. The highest BCUT2D eigenvalue weighted by Gasteiger charge is 2.07. The van der Waals surface area contributed by atoms with Crippen molar-refractivity contribution in [3.8, 4) is 11.5 Å². The summed E-state index contributed by atoms with van der Waals surface area (Å²) in [5, 5.41) is 0. The smallest absolute Gasteiger partial charge is 0.162 e. The maximum atomic E-state index is 5.97. The first kappa shape index (κ1) is 16.1. The largest absolute Gasteiger partial charge is 0.485 e. The van der Waals surface area contributed by atoms with Gasteiger partial charge >= 0.3 is 0 Å². The quantitative estimate of drug-likeness (QED) is 0.706. The zero-order chi connectivity index (χ0) is 16.6. The summed E-state index contributed by atoms with van der Waals surface area (Å²) in [7, 11) is 0. The molecule has 3 rings (SSSR count). The maximum absolute atomic E-state index is 5.97. The molecule has 24 heavy (non-hydrogen) atoms. The zero-order valence-corrected chi connectivity index (χ0v) is 13.5. The summed E-state index contributed by atoms with van der Waals surface area (Å²) in [5.74, 6) is 1.45. The number of ether oxygens (including phenoxy) is 2. The average molecular weight is 319 g/mol. The zero-order valence-electron chi connectivity index (χ0n) is 13.5. The lowest BCUT2D eigenvalue weighted by atomic mass is 10.2. The Hall–Kier alpha value is -2.78. The molecule has 0 unspecified atom stereocenters. The van der Waals surface area contributed by atoms with Crippen LogP contribution in [0.25, 0.3) is 0 Å². The van der Waals surface area contributed by atoms with E-state index >= 15 is 0 Å². The van der Waals surface area contributed by atoms with E-state index < -0.39 is 0 Å². The van der Waals surface area contributed by atoms with Gasteiger partial charge in [0.1, 0.15) is 13.2 Å². The van der Waals surface area contributed by atoms with E-state index in [-0.39, 0.29) is 0 Å². The predicted molar refractivity (Wildman–Crippen MR) is 95.9 cm³/mol. The van der Waals surface area contributed by atoms with E-state index in [1.807, 2.05) is 78.9 Å². The summed E-state index contributed by atoms with van der Waals surface area (Å²) in [6.45, 7) is 1.47. The SMILES string of the molecule is NCc1ccc(OCc2ccccc2)c(OCc2ccccc2)c1. The normalized spacial score (nSPS) is 10.4. The topological polar surface area (TPSA) is 44.5 Å². The van der Waals surface area contributed by atoms with Crippen LogP contribution in [0.3, 0.4) is 0 Å². The molecule has 0 aliphatic heterocycles. The van der Waals surface area contributed by atoms with Crippen molar-refractivity contribution in [3.63, 3.8) is 0 Å². The molecule has 0 amide bonds. The second kappa shape index (κ2) is 8.18. The van der Waals surface area contributed by atoms with Crippen molar-refractivity contribution < 1.29 is 9.47 Å². The van der Waals surface area contributed by atoms with Crippen LogP contribution in [0, 0.1) is 0 Å². The second-order valence-electron chi connectivity index (χ2n) is 5.53. The fourth-order valence-electron chi connectivity index (χ4n) is 2.38. The number of nitrogens with two attached hydrogens (primary N) is 1. The van der Waals surface area contributed by atoms with E-state index in [4.69, 9.17) is 15.2 Å². The molecule has 3 aromatic carbocycles. The Balaban J connectivity index is 1.72. The Bertz CT molecular complexity index is 757. The van der Waals surface area contributed by atoms with E-state index in [0.29, 0.717) is 19.8 Å². The molecule has 0 heterocycles. The Morgan fingerprint density at radius 3 is 1.67 bits per heavy atom. The van der Waals surface area contributed by atoms with Gasteiger partial charge in [0.25, 0.3) is 0 Å². The molecular formula is C21H21NO2. The summed E-state index contributed by atoms with van der Waals surface area (Å²) >= 11 is 0. The summed E-state index contributed by atoms with van der Waals surface area (Å²) in [4.78, 5) is 0. The number of rotatable bonds is 7. The van der Waals surface area contributed by atoms with Crippen LogP contribution in [0.4, 0.5) is 0 Å². The van der Waals surface area contributed by atoms with Gasteiger partial charge in [-0.15, -0.1) is 0 Å². The molecular weight excluding hydrogens is 298 g/mol. The van der Waals surface area contributed by atoms with Gasteiger partial charge in [-0.3, -0.25) is 0 Å². The molecule has 0 bridgehead atoms. The summed E-state index contributed by atoms with van der Waals surface area (Å²) in [6, 6.07) is 26.0. The Kier molecular flexibility index (Phi) is 5.48. The molecule has 2 N–H and O–H groups in total. The lowest BCUT2D eigenvalue weighted by molar-refractivity contribution is 0.255. The first-order chi connectivity index (χ1) is 11.8. The minimum absolute atomic E-state index is 0.473. The second-order valence-corrected chi connectivity index (χ2v) is 5.53. The minimum atomic E-state index is 0.473. The standard InChI is InChI=1S/C21H21NO2/c22-14-19-11-12-20(23-15-17-7-3-1-4-8-17)21(13-19)24-16-18-9-5-2-6-10-18/h1-13H,14-16,22H2. The van der Waals surface area contributed by atoms with Crippen molar-refractivity contribution in [3.05, 3.63) is 95.6 Å². The third-order valence-electron chi connectivity index (χ3n) is 3.72. The maximum Gasteiger partial charge on any atom is 0.162 e. The van der Waals surface area contributed by atoms with Crippen LogP contribution in [0.1, 0.15) is 16.7 Å². The fraction of sp³-hybridized carbons (Fsp3) is 0.143. The molecule has 0 radical (unpaired) electrons. The highest BCUT2D eigenvalue weighted by atomic mass is 16.5. The van der Waals surface area contributed by atoms with Crippen LogP contribution in [0.5, 0.6) is 11.5 Å². The molecule has 0 saturated heterocycles. The Morgan fingerprint density at radius 2 is 1.12 bits per heavy atom. The van der Waals surface area contributed by atoms with Gasteiger partial charge in [0, 0.05) is 6.54 Å². The monoisotopic (exact) mass is 319 g/mol. The number of hydrogen-bond acceptors (Lipinski definition) is 3. The molecule has 0 aliphatic rings. The van der Waals surface area contributed by atoms with E-state index in [1.54, 1.807) is 0 Å². The van der Waals surface area contributed by atoms with Gasteiger partial charge in [0.2, 0.25) is 0 Å². The highest BCUT2D eigenvalue weighted by Crippen LogP contribution is 2.30. The third kappa shape index (κ3) is 4.37. The van der Waals surface area contributed by atoms with Gasteiger partial charge in [-0.05, 0) is 28.8 Å². The average Bonchev–Trinajstić information content (AvgIpc) is 2.66. The van der Waals surface area contributed by atoms with Gasteiger partial charge < -0.3 is 15.2 Å². The summed E-state index contributed by atoms with van der Waals surface area (Å²) in [6.07, 6.45) is 0. The molecule has 3 heteroatoms. The van der Waals surface area contributed by atoms with Crippen LogP contribution in [-0.2, 0) is 19.8 Å². The van der Waals surface area contributed by atoms with Gasteiger partial charge in [0.05, 0.1) is 0 Å². The predicted octanol–water partition coefficient (Wildman–Crippen LogP) is 4.30. The van der Waals surface area contributed by atoms with Crippen molar-refractivity contribution in [1.29, 1.82) is 0 Å². The van der Waals surface area contributed by atoms with Crippen LogP contribution < -0.4 is 15.2 Å². The Labute approximate surface area is 142 Å². The van der Waals surface area contributed by atoms with E-state index in [1.165, 1.54) is 0 Å². The van der Waals surface area contributed by atoms with Gasteiger partial charge in [-0.2, -0.15) is 0 Å². The highest BCUT2D eigenvalue weighted by molar-refractivity contribution is 5.43. The van der Waals surface area contributed by atoms with E-state index in [2.05, 4.69) is 0 Å². The molecule has 0 fully saturated rings. The molecule has 0 atom stereocenters. The fourth-order valence-corrected chi connectivity index (χ4v) is 2.38. The summed E-state index contributed by atoms with van der Waals surface area (Å²) < 4.78 is 11.9. The van der Waals surface area contributed by atoms with Gasteiger partial charge in [-0.1, -0.05) is 66.7 Å². The summed E-state index contributed by atoms with van der Waals surface area (Å²) in [5.41, 5.74) is 9.00. The Morgan fingerprint density at radius 1 is 0.583 bits per heavy atom. The first-order valence-electron chi connectivity index (χ1n) is 8.01. The van der Waals surface area contributed by atoms with Gasteiger partial charge in [0.15, 0.2) is 11.5 Å². The van der Waals surface area contributed by atoms with Gasteiger partial charge in [-0.25, -0.2) is 0 Å². The van der Waals surface area contributed by atoms with Crippen LogP contribution in [0.2, 0.25) is 0 Å². The lowest BCUT2D eigenvalue weighted by Crippen LogP contribution is -2.03. The molecule has 3 aromatic rings. The van der Waals surface area contributed by atoms with Crippen molar-refractivity contribution >= 4 is 0 Å². The lowest BCUT2D eigenvalue weighted by Gasteiger charge is -2.14. The first-order valence-corrected chi connectivity index (χ1v) is 8.01. The number of benzene rings is 3. The van der Waals surface area contributed by atoms with Crippen molar-refractivity contribution in [1.82, 2.24) is 0 Å². The molecule has 0 saturated carbocycles. The van der Waals surface area contributed by atoms with Crippen LogP contribution in [-0.4, -0.2) is 0 Å². The minimum Gasteiger partial charge on any atom is -0.485 e. The third-order valence-corrected chi connectivity index (χ3v) is 3.72. The van der Waals surface area contributed by atoms with Crippen molar-refractivity contribution in [2.24, 2.45) is 5.73 Å². The van der Waals surface area contributed by atoms with E-state index in [0.717, 1.165) is 28.2 Å². The van der Waals surface area contributed by atoms with Crippen LogP contribution in [0.15, 0.2) is 78.9 Å². The van der Waals surface area contributed by atoms with Crippen molar-refractivity contribution in [2.75, 3.05) is 0 Å². The molecule has 0 aliphatic carbocycles. The van der Waals surface area contributed by atoms with Crippen molar-refractivity contribution in [2.45, 2.75) is 19.8 Å². The number of hydrogen-bond donors (Lipinski definition) is 1.